The van der Waals surface area contributed by atoms with Crippen LogP contribution in [0.2, 0.25) is 10.0 Å². The zero-order valence-electron chi connectivity index (χ0n) is 16.0. The molecule has 1 atom stereocenters. The Morgan fingerprint density at radius 3 is 2.48 bits per heavy atom. The number of hydrogen-bond acceptors (Lipinski definition) is 4. The van der Waals surface area contributed by atoms with E-state index in [0.29, 0.717) is 23.0 Å². The van der Waals surface area contributed by atoms with Gasteiger partial charge in [0.05, 0.1) is 16.6 Å². The number of amides is 1. The number of benzene rings is 2. The lowest BCUT2D eigenvalue weighted by Crippen LogP contribution is -2.37. The van der Waals surface area contributed by atoms with Gasteiger partial charge in [0.15, 0.2) is 5.69 Å². The highest BCUT2D eigenvalue weighted by molar-refractivity contribution is 6.34. The average Bonchev–Trinajstić information content (AvgIpc) is 3.13. The molecule has 2 heterocycles. The lowest BCUT2D eigenvalue weighted by atomic mass is 10.0. The Labute approximate surface area is 185 Å². The molecule has 1 aliphatic heterocycles. The highest BCUT2D eigenvalue weighted by atomic mass is 35.5. The van der Waals surface area contributed by atoms with Crippen LogP contribution in [0.5, 0.6) is 5.88 Å². The van der Waals surface area contributed by atoms with Crippen molar-refractivity contribution in [1.82, 2.24) is 14.9 Å². The Bertz CT molecular complexity index is 1150. The van der Waals surface area contributed by atoms with Crippen LogP contribution in [0.25, 0.3) is 11.0 Å². The van der Waals surface area contributed by atoms with Crippen molar-refractivity contribution < 1.29 is 23.1 Å². The SMILES string of the molecule is O=C(c1nc2ccc(C(F)(F)F)cc2nc1O)N1CCC[C@H]1Cc1cc(Cl)cc(Cl)c1. The van der Waals surface area contributed by atoms with Gasteiger partial charge in [0, 0.05) is 22.6 Å². The number of aromatic nitrogens is 2. The molecule has 1 aliphatic rings. The molecule has 3 aromatic rings. The van der Waals surface area contributed by atoms with Crippen molar-refractivity contribution >= 4 is 40.1 Å². The summed E-state index contributed by atoms with van der Waals surface area (Å²) >= 11 is 12.1. The molecular formula is C21H16Cl2F3N3O2. The van der Waals surface area contributed by atoms with Crippen LogP contribution in [-0.4, -0.2) is 38.5 Å². The topological polar surface area (TPSA) is 66.3 Å². The van der Waals surface area contributed by atoms with E-state index in [1.807, 2.05) is 0 Å². The van der Waals surface area contributed by atoms with Gasteiger partial charge in [-0.2, -0.15) is 13.2 Å². The zero-order valence-corrected chi connectivity index (χ0v) is 17.5. The van der Waals surface area contributed by atoms with Crippen molar-refractivity contribution in [3.63, 3.8) is 0 Å². The molecule has 0 bridgehead atoms. The number of carbonyl (C=O) groups is 1. The molecule has 0 spiro atoms. The molecule has 162 valence electrons. The van der Waals surface area contributed by atoms with Gasteiger partial charge >= 0.3 is 6.18 Å². The van der Waals surface area contributed by atoms with Gasteiger partial charge in [0.2, 0.25) is 5.88 Å². The van der Waals surface area contributed by atoms with E-state index in [2.05, 4.69) is 9.97 Å². The molecule has 1 amide bonds. The summed E-state index contributed by atoms with van der Waals surface area (Å²) in [5, 5.41) is 11.2. The fourth-order valence-corrected chi connectivity index (χ4v) is 4.39. The van der Waals surface area contributed by atoms with E-state index in [0.717, 1.165) is 36.6 Å². The third-order valence-corrected chi connectivity index (χ3v) is 5.64. The first-order valence-electron chi connectivity index (χ1n) is 9.46. The van der Waals surface area contributed by atoms with Crippen LogP contribution < -0.4 is 0 Å². The quantitative estimate of drug-likeness (QED) is 0.549. The van der Waals surface area contributed by atoms with Crippen LogP contribution in [0.4, 0.5) is 13.2 Å². The summed E-state index contributed by atoms with van der Waals surface area (Å²) in [7, 11) is 0. The standard InChI is InChI=1S/C21H16Cl2F3N3O2/c22-13-6-11(7-14(23)10-13)8-15-2-1-5-29(15)20(31)18-19(30)28-17-9-12(21(24,25)26)3-4-16(17)27-18/h3-4,6-7,9-10,15H,1-2,5,8H2,(H,28,30)/t15-/m0/s1. The first-order valence-corrected chi connectivity index (χ1v) is 10.2. The van der Waals surface area contributed by atoms with E-state index in [9.17, 15) is 23.1 Å². The highest BCUT2D eigenvalue weighted by Crippen LogP contribution is 2.32. The molecule has 4 rings (SSSR count). The Morgan fingerprint density at radius 2 is 1.81 bits per heavy atom. The number of carbonyl (C=O) groups excluding carboxylic acids is 1. The van der Waals surface area contributed by atoms with E-state index in [4.69, 9.17) is 23.2 Å². The second kappa shape index (κ2) is 8.16. The number of aromatic hydroxyl groups is 1. The molecule has 1 saturated heterocycles. The number of rotatable bonds is 3. The van der Waals surface area contributed by atoms with Crippen LogP contribution >= 0.6 is 23.2 Å². The number of alkyl halides is 3. The van der Waals surface area contributed by atoms with Crippen LogP contribution in [0.1, 0.15) is 34.5 Å². The maximum atomic E-state index is 13.1. The normalized spacial score (nSPS) is 16.8. The third-order valence-electron chi connectivity index (χ3n) is 5.21. The second-order valence-corrected chi connectivity index (χ2v) is 8.25. The minimum atomic E-state index is -4.55. The van der Waals surface area contributed by atoms with Gasteiger partial charge in [-0.25, -0.2) is 9.97 Å². The maximum Gasteiger partial charge on any atom is 0.416 e. The Hall–Kier alpha value is -2.58. The lowest BCUT2D eigenvalue weighted by Gasteiger charge is -2.25. The van der Waals surface area contributed by atoms with Crippen molar-refractivity contribution in [2.45, 2.75) is 31.5 Å². The van der Waals surface area contributed by atoms with E-state index in [1.165, 1.54) is 0 Å². The Balaban J connectivity index is 1.62. The molecule has 10 heteroatoms. The first-order chi connectivity index (χ1) is 14.6. The molecule has 0 unspecified atom stereocenters. The monoisotopic (exact) mass is 469 g/mol. The Kier molecular flexibility index (Phi) is 5.70. The molecule has 0 saturated carbocycles. The summed E-state index contributed by atoms with van der Waals surface area (Å²) in [5.41, 5.74) is -0.381. The van der Waals surface area contributed by atoms with E-state index in [1.54, 1.807) is 23.1 Å². The largest absolute Gasteiger partial charge is 0.492 e. The predicted octanol–water partition coefficient (Wildman–Crippen LogP) is 5.51. The fourth-order valence-electron chi connectivity index (χ4n) is 3.82. The van der Waals surface area contributed by atoms with E-state index in [-0.39, 0.29) is 22.8 Å². The molecule has 0 radical (unpaired) electrons. The number of likely N-dealkylation sites (tertiary alicyclic amines) is 1. The molecule has 1 fully saturated rings. The van der Waals surface area contributed by atoms with Gasteiger partial charge in [-0.3, -0.25) is 4.79 Å². The van der Waals surface area contributed by atoms with Crippen molar-refractivity contribution in [2.24, 2.45) is 0 Å². The summed E-state index contributed by atoms with van der Waals surface area (Å²) in [5.74, 6) is -1.23. The minimum absolute atomic E-state index is 0.0894. The maximum absolute atomic E-state index is 13.1. The number of nitrogens with zero attached hydrogens (tertiary/aromatic N) is 3. The van der Waals surface area contributed by atoms with Crippen molar-refractivity contribution in [3.8, 4) is 5.88 Å². The number of halogens is 5. The summed E-state index contributed by atoms with van der Waals surface area (Å²) in [6.45, 7) is 0.462. The lowest BCUT2D eigenvalue weighted by molar-refractivity contribution is -0.137. The van der Waals surface area contributed by atoms with Crippen molar-refractivity contribution in [1.29, 1.82) is 0 Å². The van der Waals surface area contributed by atoms with Gasteiger partial charge in [0.25, 0.3) is 5.91 Å². The number of fused-ring (bicyclic) bond motifs is 1. The van der Waals surface area contributed by atoms with Gasteiger partial charge in [-0.1, -0.05) is 23.2 Å². The summed E-state index contributed by atoms with van der Waals surface area (Å²) in [6.07, 6.45) is -2.53. The van der Waals surface area contributed by atoms with Gasteiger partial charge in [-0.15, -0.1) is 0 Å². The summed E-state index contributed by atoms with van der Waals surface area (Å²) in [4.78, 5) is 22.6. The molecule has 1 aromatic heterocycles. The number of hydrogen-bond donors (Lipinski definition) is 1. The van der Waals surface area contributed by atoms with Gasteiger partial charge < -0.3 is 10.0 Å². The van der Waals surface area contributed by atoms with Gasteiger partial charge in [-0.05, 0) is 61.2 Å². The molecule has 2 aromatic carbocycles. The van der Waals surface area contributed by atoms with E-state index >= 15 is 0 Å². The van der Waals surface area contributed by atoms with E-state index < -0.39 is 23.5 Å². The molecule has 31 heavy (non-hydrogen) atoms. The van der Waals surface area contributed by atoms with Crippen LogP contribution in [0.3, 0.4) is 0 Å². The van der Waals surface area contributed by atoms with Crippen LogP contribution in [0, 0.1) is 0 Å². The fraction of sp³-hybridized carbons (Fsp3) is 0.286. The minimum Gasteiger partial charge on any atom is -0.492 e. The van der Waals surface area contributed by atoms with Crippen molar-refractivity contribution in [3.05, 3.63) is 63.3 Å². The molecule has 5 nitrogen and oxygen atoms in total. The second-order valence-electron chi connectivity index (χ2n) is 7.37. The van der Waals surface area contributed by atoms with Crippen LogP contribution in [0.15, 0.2) is 36.4 Å². The first kappa shape index (κ1) is 21.6. The third kappa shape index (κ3) is 4.55. The smallest absolute Gasteiger partial charge is 0.416 e. The van der Waals surface area contributed by atoms with Gasteiger partial charge in [0.1, 0.15) is 0 Å². The molecular weight excluding hydrogens is 454 g/mol. The average molecular weight is 470 g/mol. The van der Waals surface area contributed by atoms with Crippen LogP contribution in [-0.2, 0) is 12.6 Å². The highest BCUT2D eigenvalue weighted by Gasteiger charge is 2.33. The van der Waals surface area contributed by atoms with Crippen molar-refractivity contribution in [2.75, 3.05) is 6.54 Å². The molecule has 1 N–H and O–H groups in total. The summed E-state index contributed by atoms with van der Waals surface area (Å²) < 4.78 is 38.7. The summed E-state index contributed by atoms with van der Waals surface area (Å²) in [6, 6.07) is 7.81. The molecule has 0 aliphatic carbocycles. The zero-order chi connectivity index (χ0) is 22.3. The Morgan fingerprint density at radius 1 is 1.10 bits per heavy atom. The predicted molar refractivity (Wildman–Crippen MR) is 110 cm³/mol.